The summed E-state index contributed by atoms with van der Waals surface area (Å²) in [5.74, 6) is -2.02. The van der Waals surface area contributed by atoms with Crippen LogP contribution in [-0.4, -0.2) is 98.7 Å². The van der Waals surface area contributed by atoms with E-state index < -0.39 is 58.8 Å². The molecule has 3 atom stereocenters. The minimum absolute atomic E-state index is 0.0159. The Morgan fingerprint density at radius 2 is 1.67 bits per heavy atom. The van der Waals surface area contributed by atoms with E-state index in [0.29, 0.717) is 55.0 Å². The van der Waals surface area contributed by atoms with Crippen LogP contribution in [0.5, 0.6) is 0 Å². The second-order valence-corrected chi connectivity index (χ2v) is 14.5. The SMILES string of the molecule is NCCOCCNC(=O)[C@H](CCNC(=O)/C=C/C(=O)N1CCC[C@@](C=O)(Cc2ccc(C(F)(F)F)cc2)C1)NC(=O)Cc1ccccc1CNC(=O)[C@@H](N)Cc1ccco1. The number of likely N-dealkylation sites (tertiary alicyclic amines) is 1. The predicted octanol–water partition coefficient (Wildman–Crippen LogP) is 1.72. The molecule has 1 aliphatic heterocycles. The van der Waals surface area contributed by atoms with Crippen LogP contribution in [0.25, 0.3) is 0 Å². The number of carbonyl (C=O) groups excluding carboxylic acids is 6. The fourth-order valence-corrected chi connectivity index (χ4v) is 6.70. The summed E-state index contributed by atoms with van der Waals surface area (Å²) in [5.41, 5.74) is 11.5. The van der Waals surface area contributed by atoms with Gasteiger partial charge in [-0.05, 0) is 66.6 Å². The largest absolute Gasteiger partial charge is 0.469 e. The molecular weight excluding hydrogens is 787 g/mol. The number of halogens is 3. The summed E-state index contributed by atoms with van der Waals surface area (Å²) in [6, 6.07) is 13.0. The van der Waals surface area contributed by atoms with E-state index >= 15 is 0 Å². The van der Waals surface area contributed by atoms with Crippen LogP contribution in [0.3, 0.4) is 0 Å². The fourth-order valence-electron chi connectivity index (χ4n) is 6.70. The first-order chi connectivity index (χ1) is 28.7. The Morgan fingerprint density at radius 1 is 0.917 bits per heavy atom. The van der Waals surface area contributed by atoms with E-state index in [4.69, 9.17) is 20.6 Å². The second kappa shape index (κ2) is 23.1. The second-order valence-electron chi connectivity index (χ2n) is 14.5. The van der Waals surface area contributed by atoms with Crippen LogP contribution in [0.2, 0.25) is 0 Å². The van der Waals surface area contributed by atoms with Crippen LogP contribution in [0.4, 0.5) is 13.2 Å². The summed E-state index contributed by atoms with van der Waals surface area (Å²) in [5, 5.41) is 10.8. The highest BCUT2D eigenvalue weighted by Gasteiger charge is 2.37. The van der Waals surface area contributed by atoms with Gasteiger partial charge in [0.25, 0.3) is 0 Å². The predicted molar refractivity (Wildman–Crippen MR) is 213 cm³/mol. The zero-order valence-corrected chi connectivity index (χ0v) is 33.1. The van der Waals surface area contributed by atoms with E-state index in [9.17, 15) is 41.9 Å². The summed E-state index contributed by atoms with van der Waals surface area (Å²) >= 11 is 0. The van der Waals surface area contributed by atoms with Gasteiger partial charge < -0.3 is 51.6 Å². The molecule has 0 bridgehead atoms. The van der Waals surface area contributed by atoms with Crippen LogP contribution in [0.15, 0.2) is 83.5 Å². The Labute approximate surface area is 345 Å². The number of rotatable bonds is 22. The van der Waals surface area contributed by atoms with Gasteiger partial charge >= 0.3 is 6.18 Å². The van der Waals surface area contributed by atoms with Gasteiger partial charge in [-0.1, -0.05) is 36.4 Å². The van der Waals surface area contributed by atoms with E-state index in [2.05, 4.69) is 21.3 Å². The van der Waals surface area contributed by atoms with E-state index in [1.807, 2.05) is 0 Å². The number of nitrogens with zero attached hydrogens (tertiary/aromatic N) is 1. The number of amides is 5. The van der Waals surface area contributed by atoms with Crippen molar-refractivity contribution in [2.24, 2.45) is 16.9 Å². The van der Waals surface area contributed by atoms with Gasteiger partial charge in [0, 0.05) is 63.3 Å². The van der Waals surface area contributed by atoms with Crippen molar-refractivity contribution in [3.63, 3.8) is 0 Å². The molecule has 0 aliphatic carbocycles. The molecule has 1 fully saturated rings. The summed E-state index contributed by atoms with van der Waals surface area (Å²) in [7, 11) is 0. The molecular formula is C42H52F3N7O8. The molecule has 15 nitrogen and oxygen atoms in total. The van der Waals surface area contributed by atoms with Gasteiger partial charge in [-0.3, -0.25) is 24.0 Å². The highest BCUT2D eigenvalue weighted by Crippen LogP contribution is 2.34. The van der Waals surface area contributed by atoms with Crippen LogP contribution >= 0.6 is 0 Å². The number of hydrogen-bond acceptors (Lipinski definition) is 10. The quantitative estimate of drug-likeness (QED) is 0.0488. The van der Waals surface area contributed by atoms with Gasteiger partial charge in [-0.15, -0.1) is 0 Å². The van der Waals surface area contributed by atoms with Gasteiger partial charge in [0.15, 0.2) is 0 Å². The molecule has 1 aliphatic rings. The minimum atomic E-state index is -4.49. The van der Waals surface area contributed by atoms with Crippen molar-refractivity contribution in [2.45, 2.75) is 63.3 Å². The summed E-state index contributed by atoms with van der Waals surface area (Å²) < 4.78 is 49.6. The lowest BCUT2D eigenvalue weighted by molar-refractivity contribution is -0.137. The maximum atomic E-state index is 13.3. The molecule has 4 rings (SSSR count). The normalized spacial score (nSPS) is 16.4. The Bertz CT molecular complexity index is 1920. The highest BCUT2D eigenvalue weighted by molar-refractivity contribution is 5.97. The maximum Gasteiger partial charge on any atom is 0.416 e. The first-order valence-electron chi connectivity index (χ1n) is 19.6. The minimum Gasteiger partial charge on any atom is -0.469 e. The lowest BCUT2D eigenvalue weighted by Crippen LogP contribution is -2.49. The summed E-state index contributed by atoms with van der Waals surface area (Å²) in [4.78, 5) is 78.7. The molecule has 18 heteroatoms. The van der Waals surface area contributed by atoms with Gasteiger partial charge in [0.1, 0.15) is 18.1 Å². The standard InChI is InChI=1S/C42H52F3N7O8/c43-42(44,45)32-10-8-29(9-11-32)25-41(28-53)15-4-19-52(27-41)38(56)13-12-36(54)48-17-14-35(40(58)49-18-22-59-21-16-46)51-37(55)23-30-5-1-2-6-31(30)26-50-39(57)34(47)24-33-7-3-20-60-33/h1-3,5-13,20,28,34-35H,4,14-19,21-27,46-47H2,(H,48,54)(H,49,58)(H,50,57)(H,51,55)/b13-12+/t34-,35-,41+/m0/s1. The average Bonchev–Trinajstić information content (AvgIpc) is 3.74. The molecule has 3 aromatic rings. The van der Waals surface area contributed by atoms with Crippen molar-refractivity contribution < 1.29 is 51.1 Å². The molecule has 0 saturated carbocycles. The van der Waals surface area contributed by atoms with Crippen molar-refractivity contribution in [2.75, 3.05) is 45.9 Å². The third-order valence-electron chi connectivity index (χ3n) is 9.84. The number of aldehydes is 1. The van der Waals surface area contributed by atoms with E-state index in [1.54, 1.807) is 36.4 Å². The van der Waals surface area contributed by atoms with Crippen molar-refractivity contribution in [1.29, 1.82) is 0 Å². The molecule has 1 saturated heterocycles. The Balaban J connectivity index is 1.30. The van der Waals surface area contributed by atoms with Crippen LogP contribution in [0, 0.1) is 5.41 Å². The van der Waals surface area contributed by atoms with Crippen LogP contribution < -0.4 is 32.7 Å². The van der Waals surface area contributed by atoms with Crippen molar-refractivity contribution in [1.82, 2.24) is 26.2 Å². The average molecular weight is 840 g/mol. The number of alkyl halides is 3. The monoisotopic (exact) mass is 839 g/mol. The number of carbonyl (C=O) groups is 6. The topological polar surface area (TPSA) is 228 Å². The Morgan fingerprint density at radius 3 is 2.35 bits per heavy atom. The number of benzene rings is 2. The third-order valence-corrected chi connectivity index (χ3v) is 9.84. The molecule has 5 amide bonds. The number of nitrogens with one attached hydrogen (secondary N) is 4. The summed E-state index contributed by atoms with van der Waals surface area (Å²) in [6.07, 6.45) is 0.945. The maximum absolute atomic E-state index is 13.3. The molecule has 2 heterocycles. The lowest BCUT2D eigenvalue weighted by atomic mass is 9.76. The lowest BCUT2D eigenvalue weighted by Gasteiger charge is -2.39. The molecule has 8 N–H and O–H groups in total. The molecule has 2 aromatic carbocycles. The van der Waals surface area contributed by atoms with E-state index in [0.717, 1.165) is 30.6 Å². The van der Waals surface area contributed by atoms with E-state index in [1.165, 1.54) is 23.3 Å². The first-order valence-corrected chi connectivity index (χ1v) is 19.6. The van der Waals surface area contributed by atoms with Gasteiger partial charge in [0.2, 0.25) is 29.5 Å². The number of ether oxygens (including phenoxy) is 1. The third kappa shape index (κ3) is 15.1. The van der Waals surface area contributed by atoms with Gasteiger partial charge in [0.05, 0.1) is 37.5 Å². The molecule has 1 aromatic heterocycles. The van der Waals surface area contributed by atoms with Gasteiger partial charge in [-0.2, -0.15) is 13.2 Å². The Hall–Kier alpha value is -5.85. The van der Waals surface area contributed by atoms with Crippen molar-refractivity contribution in [3.8, 4) is 0 Å². The summed E-state index contributed by atoms with van der Waals surface area (Å²) in [6.45, 7) is 1.30. The molecule has 0 unspecified atom stereocenters. The smallest absolute Gasteiger partial charge is 0.416 e. The molecule has 0 spiro atoms. The fraction of sp³-hybridized carbons (Fsp3) is 0.429. The molecule has 0 radical (unpaired) electrons. The highest BCUT2D eigenvalue weighted by atomic mass is 19.4. The van der Waals surface area contributed by atoms with Crippen molar-refractivity contribution >= 4 is 35.8 Å². The van der Waals surface area contributed by atoms with Crippen LogP contribution in [-0.2, 0) is 65.5 Å². The number of furan rings is 1. The number of piperidine rings is 1. The Kier molecular flexibility index (Phi) is 18.0. The first kappa shape index (κ1) is 46.8. The number of hydrogen-bond donors (Lipinski definition) is 6. The number of nitrogens with two attached hydrogens (primary N) is 2. The van der Waals surface area contributed by atoms with Crippen LogP contribution in [0.1, 0.15) is 47.3 Å². The van der Waals surface area contributed by atoms with Crippen molar-refractivity contribution in [3.05, 3.63) is 107 Å². The zero-order valence-electron chi connectivity index (χ0n) is 33.1. The molecule has 324 valence electrons. The zero-order chi connectivity index (χ0) is 43.5. The van der Waals surface area contributed by atoms with Gasteiger partial charge in [-0.25, -0.2) is 0 Å². The molecule has 60 heavy (non-hydrogen) atoms. The van der Waals surface area contributed by atoms with E-state index in [-0.39, 0.29) is 58.5 Å².